The van der Waals surface area contributed by atoms with E-state index in [0.717, 1.165) is 11.3 Å². The molecule has 20 heavy (non-hydrogen) atoms. The Labute approximate surface area is 116 Å². The molecule has 0 saturated carbocycles. The van der Waals surface area contributed by atoms with Crippen LogP contribution in [0.2, 0.25) is 0 Å². The Kier molecular flexibility index (Phi) is 3.43. The fourth-order valence-electron chi connectivity index (χ4n) is 1.80. The zero-order valence-corrected chi connectivity index (χ0v) is 10.8. The van der Waals surface area contributed by atoms with E-state index in [4.69, 9.17) is 10.5 Å². The topological polar surface area (TPSA) is 66.0 Å². The Hall–Kier alpha value is -2.66. The third kappa shape index (κ3) is 2.67. The van der Waals surface area contributed by atoms with E-state index in [0.29, 0.717) is 18.3 Å². The van der Waals surface area contributed by atoms with Crippen LogP contribution in [0.5, 0.6) is 11.8 Å². The number of hydrogen-bond donors (Lipinski definition) is 1. The molecule has 0 aliphatic carbocycles. The molecule has 0 atom stereocenters. The molecule has 0 aliphatic heterocycles. The van der Waals surface area contributed by atoms with Crippen LogP contribution in [-0.4, -0.2) is 14.8 Å². The molecular weight excluding hydrogens is 252 g/mol. The van der Waals surface area contributed by atoms with Crippen molar-refractivity contribution in [3.63, 3.8) is 0 Å². The van der Waals surface area contributed by atoms with Crippen molar-refractivity contribution >= 4 is 0 Å². The maximum atomic E-state index is 5.60. The molecule has 0 aliphatic rings. The maximum absolute atomic E-state index is 5.60. The minimum Gasteiger partial charge on any atom is -0.423 e. The van der Waals surface area contributed by atoms with Gasteiger partial charge in [0, 0.05) is 6.54 Å². The second-order valence-corrected chi connectivity index (χ2v) is 4.26. The SMILES string of the molecule is NCc1ccc(Oc2ncn(-c3ccccc3)n2)cc1. The zero-order valence-electron chi connectivity index (χ0n) is 10.8. The number of nitrogens with zero attached hydrogens (tertiary/aromatic N) is 3. The molecule has 2 aromatic carbocycles. The molecule has 0 unspecified atom stereocenters. The highest BCUT2D eigenvalue weighted by molar-refractivity contribution is 5.31. The van der Waals surface area contributed by atoms with Gasteiger partial charge in [-0.05, 0) is 29.8 Å². The highest BCUT2D eigenvalue weighted by Gasteiger charge is 2.04. The molecule has 5 nitrogen and oxygen atoms in total. The fraction of sp³-hybridized carbons (Fsp3) is 0.0667. The van der Waals surface area contributed by atoms with E-state index >= 15 is 0 Å². The molecule has 0 spiro atoms. The minimum atomic E-state index is 0.314. The lowest BCUT2D eigenvalue weighted by atomic mass is 10.2. The summed E-state index contributed by atoms with van der Waals surface area (Å²) in [5.41, 5.74) is 7.55. The molecule has 5 heteroatoms. The Morgan fingerprint density at radius 1 is 1.00 bits per heavy atom. The van der Waals surface area contributed by atoms with Gasteiger partial charge >= 0.3 is 6.01 Å². The van der Waals surface area contributed by atoms with Gasteiger partial charge in [0.2, 0.25) is 0 Å². The van der Waals surface area contributed by atoms with Crippen LogP contribution in [0.25, 0.3) is 5.69 Å². The number of ether oxygens (including phenoxy) is 1. The molecule has 0 bridgehead atoms. The van der Waals surface area contributed by atoms with Crippen molar-refractivity contribution in [2.75, 3.05) is 0 Å². The van der Waals surface area contributed by atoms with Gasteiger partial charge in [0.25, 0.3) is 0 Å². The van der Waals surface area contributed by atoms with Crippen LogP contribution in [0.1, 0.15) is 5.56 Å². The molecular formula is C15H14N4O. The van der Waals surface area contributed by atoms with Crippen LogP contribution >= 0.6 is 0 Å². The molecule has 1 aromatic heterocycles. The van der Waals surface area contributed by atoms with Crippen molar-refractivity contribution < 1.29 is 4.74 Å². The van der Waals surface area contributed by atoms with Crippen LogP contribution < -0.4 is 10.5 Å². The smallest absolute Gasteiger partial charge is 0.341 e. The van der Waals surface area contributed by atoms with Crippen molar-refractivity contribution in [2.45, 2.75) is 6.54 Å². The minimum absolute atomic E-state index is 0.314. The Bertz CT molecular complexity index is 677. The monoisotopic (exact) mass is 266 g/mol. The number of benzene rings is 2. The second-order valence-electron chi connectivity index (χ2n) is 4.26. The van der Waals surface area contributed by atoms with Gasteiger partial charge in [-0.15, -0.1) is 5.10 Å². The van der Waals surface area contributed by atoms with E-state index in [1.54, 1.807) is 11.0 Å². The van der Waals surface area contributed by atoms with E-state index in [-0.39, 0.29) is 0 Å². The summed E-state index contributed by atoms with van der Waals surface area (Å²) in [5.74, 6) is 0.688. The summed E-state index contributed by atoms with van der Waals surface area (Å²) in [7, 11) is 0. The van der Waals surface area contributed by atoms with Gasteiger partial charge in [0.15, 0.2) is 0 Å². The summed E-state index contributed by atoms with van der Waals surface area (Å²) in [6.07, 6.45) is 1.62. The predicted octanol–water partition coefficient (Wildman–Crippen LogP) is 2.52. The molecule has 0 radical (unpaired) electrons. The number of para-hydroxylation sites is 1. The van der Waals surface area contributed by atoms with Gasteiger partial charge in [-0.3, -0.25) is 0 Å². The number of rotatable bonds is 4. The molecule has 100 valence electrons. The molecule has 0 fully saturated rings. The summed E-state index contributed by atoms with van der Waals surface area (Å²) in [6.45, 7) is 0.515. The van der Waals surface area contributed by atoms with Gasteiger partial charge in [-0.2, -0.15) is 4.98 Å². The van der Waals surface area contributed by atoms with Crippen molar-refractivity contribution in [3.8, 4) is 17.4 Å². The molecule has 3 rings (SSSR count). The Balaban J connectivity index is 1.77. The fourth-order valence-corrected chi connectivity index (χ4v) is 1.80. The van der Waals surface area contributed by atoms with Gasteiger partial charge < -0.3 is 10.5 Å². The summed E-state index contributed by atoms with van der Waals surface area (Å²) in [4.78, 5) is 4.14. The standard InChI is InChI=1S/C15H14N4O/c16-10-12-6-8-14(9-7-12)20-15-17-11-19(18-15)13-4-2-1-3-5-13/h1-9,11H,10,16H2. The molecule has 2 N–H and O–H groups in total. The second kappa shape index (κ2) is 5.54. The summed E-state index contributed by atoms with van der Waals surface area (Å²) in [6, 6.07) is 17.6. The average Bonchev–Trinajstić information content (AvgIpc) is 2.97. The first-order valence-corrected chi connectivity index (χ1v) is 6.29. The summed E-state index contributed by atoms with van der Waals surface area (Å²) >= 11 is 0. The van der Waals surface area contributed by atoms with Crippen LogP contribution in [0, 0.1) is 0 Å². The first-order chi connectivity index (χ1) is 9.85. The van der Waals surface area contributed by atoms with Crippen LogP contribution in [0.3, 0.4) is 0 Å². The Morgan fingerprint density at radius 3 is 2.45 bits per heavy atom. The molecule has 1 heterocycles. The van der Waals surface area contributed by atoms with Crippen LogP contribution in [0.4, 0.5) is 0 Å². The zero-order chi connectivity index (χ0) is 13.8. The van der Waals surface area contributed by atoms with Gasteiger partial charge in [-0.1, -0.05) is 30.3 Å². The lowest BCUT2D eigenvalue weighted by Crippen LogP contribution is -1.96. The van der Waals surface area contributed by atoms with Gasteiger partial charge in [0.05, 0.1) is 5.69 Å². The maximum Gasteiger partial charge on any atom is 0.341 e. The molecule has 0 amide bonds. The van der Waals surface area contributed by atoms with Crippen LogP contribution in [-0.2, 0) is 6.54 Å². The highest BCUT2D eigenvalue weighted by atomic mass is 16.5. The van der Waals surface area contributed by atoms with E-state index < -0.39 is 0 Å². The van der Waals surface area contributed by atoms with Crippen LogP contribution in [0.15, 0.2) is 60.9 Å². The van der Waals surface area contributed by atoms with Crippen molar-refractivity contribution in [1.82, 2.24) is 14.8 Å². The highest BCUT2D eigenvalue weighted by Crippen LogP contribution is 2.18. The van der Waals surface area contributed by atoms with Crippen molar-refractivity contribution in [2.24, 2.45) is 5.73 Å². The van der Waals surface area contributed by atoms with E-state index in [9.17, 15) is 0 Å². The van der Waals surface area contributed by atoms with E-state index in [2.05, 4.69) is 10.1 Å². The third-order valence-electron chi connectivity index (χ3n) is 2.86. The number of hydrogen-bond acceptors (Lipinski definition) is 4. The van der Waals surface area contributed by atoms with E-state index in [1.165, 1.54) is 0 Å². The predicted molar refractivity (Wildman–Crippen MR) is 75.8 cm³/mol. The first-order valence-electron chi connectivity index (χ1n) is 6.29. The largest absolute Gasteiger partial charge is 0.423 e. The van der Waals surface area contributed by atoms with Gasteiger partial charge in [0.1, 0.15) is 12.1 Å². The summed E-state index contributed by atoms with van der Waals surface area (Å²) in [5, 5.41) is 4.28. The van der Waals surface area contributed by atoms with Gasteiger partial charge in [-0.25, -0.2) is 4.68 Å². The quantitative estimate of drug-likeness (QED) is 0.788. The normalized spacial score (nSPS) is 10.4. The van der Waals surface area contributed by atoms with E-state index in [1.807, 2.05) is 54.6 Å². The van der Waals surface area contributed by atoms with Crippen molar-refractivity contribution in [3.05, 3.63) is 66.5 Å². The lowest BCUT2D eigenvalue weighted by Gasteiger charge is -2.02. The summed E-state index contributed by atoms with van der Waals surface area (Å²) < 4.78 is 7.27. The number of nitrogens with two attached hydrogens (primary N) is 1. The molecule has 3 aromatic rings. The van der Waals surface area contributed by atoms with Crippen molar-refractivity contribution in [1.29, 1.82) is 0 Å². The average molecular weight is 266 g/mol. The first kappa shape index (κ1) is 12.4. The third-order valence-corrected chi connectivity index (χ3v) is 2.86. The Morgan fingerprint density at radius 2 is 1.75 bits per heavy atom. The lowest BCUT2D eigenvalue weighted by molar-refractivity contribution is 0.441. The molecule has 0 saturated heterocycles. The number of aromatic nitrogens is 3.